The standard InChI is InChI=1S/C14H21BrN2OS/c1-10(2)17(7-6-14(16)19)9-11-4-5-13(18-3)12(15)8-11/h4-5,8,10H,6-7,9H2,1-3H3,(H2,16,19). The maximum absolute atomic E-state index is 5.58. The fraction of sp³-hybridized carbons (Fsp3) is 0.500. The van der Waals surface area contributed by atoms with E-state index in [9.17, 15) is 0 Å². The average molecular weight is 345 g/mol. The fourth-order valence-corrected chi connectivity index (χ4v) is 2.50. The van der Waals surface area contributed by atoms with Crippen molar-refractivity contribution in [1.82, 2.24) is 4.90 Å². The lowest BCUT2D eigenvalue weighted by Crippen LogP contribution is -2.33. The number of nitrogens with zero attached hydrogens (tertiary/aromatic N) is 1. The van der Waals surface area contributed by atoms with E-state index in [4.69, 9.17) is 22.7 Å². The van der Waals surface area contributed by atoms with Gasteiger partial charge in [0.2, 0.25) is 0 Å². The monoisotopic (exact) mass is 344 g/mol. The van der Waals surface area contributed by atoms with Crippen molar-refractivity contribution in [2.75, 3.05) is 13.7 Å². The number of hydrogen-bond acceptors (Lipinski definition) is 3. The summed E-state index contributed by atoms with van der Waals surface area (Å²) < 4.78 is 6.21. The van der Waals surface area contributed by atoms with Crippen LogP contribution in [0.4, 0.5) is 0 Å². The summed E-state index contributed by atoms with van der Waals surface area (Å²) in [6.07, 6.45) is 0.755. The number of ether oxygens (including phenoxy) is 1. The molecule has 1 rings (SSSR count). The van der Waals surface area contributed by atoms with Gasteiger partial charge in [-0.05, 0) is 47.5 Å². The molecule has 3 nitrogen and oxygen atoms in total. The smallest absolute Gasteiger partial charge is 0.133 e. The van der Waals surface area contributed by atoms with Crippen molar-refractivity contribution in [3.05, 3.63) is 28.2 Å². The first kappa shape index (κ1) is 16.4. The first-order chi connectivity index (χ1) is 8.93. The Kier molecular flexibility index (Phi) is 6.75. The second-order valence-corrected chi connectivity index (χ2v) is 6.13. The van der Waals surface area contributed by atoms with Gasteiger partial charge in [0.25, 0.3) is 0 Å². The van der Waals surface area contributed by atoms with Crippen molar-refractivity contribution >= 4 is 33.1 Å². The highest BCUT2D eigenvalue weighted by atomic mass is 79.9. The van der Waals surface area contributed by atoms with Gasteiger partial charge in [0.05, 0.1) is 16.6 Å². The lowest BCUT2D eigenvalue weighted by atomic mass is 10.1. The van der Waals surface area contributed by atoms with E-state index in [1.807, 2.05) is 6.07 Å². The minimum absolute atomic E-state index is 0.454. The van der Waals surface area contributed by atoms with Gasteiger partial charge < -0.3 is 10.5 Å². The molecule has 106 valence electrons. The second-order valence-electron chi connectivity index (χ2n) is 4.75. The molecule has 5 heteroatoms. The molecular formula is C14H21BrN2OS. The SMILES string of the molecule is COc1ccc(CN(CCC(N)=S)C(C)C)cc1Br. The van der Waals surface area contributed by atoms with Crippen LogP contribution in [0.2, 0.25) is 0 Å². The Hall–Kier alpha value is -0.650. The highest BCUT2D eigenvalue weighted by Gasteiger charge is 2.11. The predicted octanol–water partition coefficient (Wildman–Crippen LogP) is 3.34. The van der Waals surface area contributed by atoms with Crippen LogP contribution in [0.15, 0.2) is 22.7 Å². The van der Waals surface area contributed by atoms with E-state index in [2.05, 4.69) is 46.8 Å². The summed E-state index contributed by atoms with van der Waals surface area (Å²) in [7, 11) is 1.67. The molecule has 1 aromatic rings. The third-order valence-electron chi connectivity index (χ3n) is 2.98. The summed E-state index contributed by atoms with van der Waals surface area (Å²) in [5, 5.41) is 0. The van der Waals surface area contributed by atoms with Crippen LogP contribution in [-0.2, 0) is 6.54 Å². The zero-order valence-corrected chi connectivity index (χ0v) is 14.1. The molecule has 0 unspecified atom stereocenters. The van der Waals surface area contributed by atoms with Gasteiger partial charge in [-0.1, -0.05) is 18.3 Å². The molecule has 0 aliphatic carbocycles. The van der Waals surface area contributed by atoms with Gasteiger partial charge in [0, 0.05) is 25.6 Å². The number of rotatable bonds is 7. The molecule has 0 radical (unpaired) electrons. The third kappa shape index (κ3) is 5.47. The molecule has 0 atom stereocenters. The average Bonchev–Trinajstić information content (AvgIpc) is 2.34. The number of benzene rings is 1. The van der Waals surface area contributed by atoms with Crippen LogP contribution in [0.3, 0.4) is 0 Å². The van der Waals surface area contributed by atoms with Crippen LogP contribution in [0.5, 0.6) is 5.75 Å². The first-order valence-electron chi connectivity index (χ1n) is 6.28. The van der Waals surface area contributed by atoms with Crippen molar-refractivity contribution in [3.8, 4) is 5.75 Å². The molecule has 2 N–H and O–H groups in total. The molecule has 0 aromatic heterocycles. The van der Waals surface area contributed by atoms with Gasteiger partial charge in [-0.25, -0.2) is 0 Å². The summed E-state index contributed by atoms with van der Waals surface area (Å²) >= 11 is 8.46. The number of halogens is 1. The number of hydrogen-bond donors (Lipinski definition) is 1. The highest BCUT2D eigenvalue weighted by Crippen LogP contribution is 2.26. The molecule has 19 heavy (non-hydrogen) atoms. The number of thiocarbonyl (C=S) groups is 1. The second kappa shape index (κ2) is 7.82. The minimum Gasteiger partial charge on any atom is -0.496 e. The van der Waals surface area contributed by atoms with Gasteiger partial charge in [0.1, 0.15) is 5.75 Å². The maximum Gasteiger partial charge on any atom is 0.133 e. The van der Waals surface area contributed by atoms with Crippen molar-refractivity contribution in [2.45, 2.75) is 32.9 Å². The zero-order chi connectivity index (χ0) is 14.4. The van der Waals surface area contributed by atoms with E-state index in [0.717, 1.165) is 29.7 Å². The quantitative estimate of drug-likeness (QED) is 0.770. The maximum atomic E-state index is 5.58. The van der Waals surface area contributed by atoms with Crippen LogP contribution >= 0.6 is 28.1 Å². The van der Waals surface area contributed by atoms with Gasteiger partial charge >= 0.3 is 0 Å². The van der Waals surface area contributed by atoms with Crippen molar-refractivity contribution in [3.63, 3.8) is 0 Å². The van der Waals surface area contributed by atoms with Crippen LogP contribution in [0.25, 0.3) is 0 Å². The third-order valence-corrected chi connectivity index (χ3v) is 3.80. The van der Waals surface area contributed by atoms with Crippen LogP contribution < -0.4 is 10.5 Å². The minimum atomic E-state index is 0.454. The van der Waals surface area contributed by atoms with E-state index >= 15 is 0 Å². The summed E-state index contributed by atoms with van der Waals surface area (Å²) in [5.41, 5.74) is 6.82. The normalized spacial score (nSPS) is 11.1. The van der Waals surface area contributed by atoms with Gasteiger partial charge in [-0.2, -0.15) is 0 Å². The van der Waals surface area contributed by atoms with E-state index < -0.39 is 0 Å². The molecule has 1 aromatic carbocycles. The van der Waals surface area contributed by atoms with Crippen LogP contribution in [-0.4, -0.2) is 29.6 Å². The van der Waals surface area contributed by atoms with E-state index in [-0.39, 0.29) is 0 Å². The molecule has 0 bridgehead atoms. The first-order valence-corrected chi connectivity index (χ1v) is 7.49. The van der Waals surface area contributed by atoms with E-state index in [1.165, 1.54) is 5.56 Å². The van der Waals surface area contributed by atoms with Gasteiger partial charge in [-0.15, -0.1) is 0 Å². The summed E-state index contributed by atoms with van der Waals surface area (Å²) in [5.74, 6) is 0.850. The molecule has 0 heterocycles. The Bertz CT molecular complexity index is 437. The summed E-state index contributed by atoms with van der Waals surface area (Å²) in [4.78, 5) is 2.93. The van der Waals surface area contributed by atoms with Crippen molar-refractivity contribution < 1.29 is 4.74 Å². The predicted molar refractivity (Wildman–Crippen MR) is 87.6 cm³/mol. The molecule has 0 amide bonds. The van der Waals surface area contributed by atoms with E-state index in [1.54, 1.807) is 7.11 Å². The molecule has 0 aliphatic rings. The lowest BCUT2D eigenvalue weighted by molar-refractivity contribution is 0.219. The Morgan fingerprint density at radius 1 is 1.47 bits per heavy atom. The molecule has 0 spiro atoms. The topological polar surface area (TPSA) is 38.5 Å². The molecular weight excluding hydrogens is 324 g/mol. The Labute approximate surface area is 129 Å². The lowest BCUT2D eigenvalue weighted by Gasteiger charge is -2.26. The molecule has 0 saturated heterocycles. The van der Waals surface area contributed by atoms with Gasteiger partial charge in [-0.3, -0.25) is 4.90 Å². The number of methoxy groups -OCH3 is 1. The van der Waals surface area contributed by atoms with Gasteiger partial charge in [0.15, 0.2) is 0 Å². The van der Waals surface area contributed by atoms with Crippen LogP contribution in [0.1, 0.15) is 25.8 Å². The zero-order valence-electron chi connectivity index (χ0n) is 11.6. The largest absolute Gasteiger partial charge is 0.496 e. The fourth-order valence-electron chi connectivity index (χ4n) is 1.82. The Balaban J connectivity index is 2.73. The Morgan fingerprint density at radius 2 is 2.16 bits per heavy atom. The highest BCUT2D eigenvalue weighted by molar-refractivity contribution is 9.10. The van der Waals surface area contributed by atoms with Crippen LogP contribution in [0, 0.1) is 0 Å². The van der Waals surface area contributed by atoms with Crippen molar-refractivity contribution in [1.29, 1.82) is 0 Å². The number of nitrogens with two attached hydrogens (primary N) is 1. The van der Waals surface area contributed by atoms with E-state index in [0.29, 0.717) is 11.0 Å². The molecule has 0 aliphatic heterocycles. The Morgan fingerprint density at radius 3 is 2.63 bits per heavy atom. The summed E-state index contributed by atoms with van der Waals surface area (Å²) in [6.45, 7) is 6.12. The summed E-state index contributed by atoms with van der Waals surface area (Å²) in [6, 6.07) is 6.61. The van der Waals surface area contributed by atoms with Crippen molar-refractivity contribution in [2.24, 2.45) is 5.73 Å². The molecule has 0 fully saturated rings. The molecule has 0 saturated carbocycles.